The van der Waals surface area contributed by atoms with Crippen molar-refractivity contribution in [3.8, 4) is 45.8 Å². The Labute approximate surface area is 867 Å². The molecule has 0 amide bonds. The van der Waals surface area contributed by atoms with Crippen molar-refractivity contribution in [2.45, 2.75) is 157 Å². The minimum absolute atomic E-state index is 0.225. The van der Waals surface area contributed by atoms with Crippen molar-refractivity contribution in [1.82, 2.24) is 38.2 Å². The first-order chi connectivity index (χ1) is 73.1. The van der Waals surface area contributed by atoms with Crippen molar-refractivity contribution in [3.63, 3.8) is 0 Å². The molecule has 0 radical (unpaired) electrons. The molecule has 0 atom stereocenters. The number of hydrogen-bond donors (Lipinski definition) is 0. The van der Waals surface area contributed by atoms with Gasteiger partial charge in [-0.25, -0.2) is 19.9 Å². The largest absolute Gasteiger partial charge is 0.381 e. The molecule has 148 heavy (non-hydrogen) atoms. The van der Waals surface area contributed by atoms with Crippen LogP contribution in [-0.4, -0.2) is 170 Å². The van der Waals surface area contributed by atoms with Gasteiger partial charge < -0.3 is 66.0 Å². The zero-order valence-corrected chi connectivity index (χ0v) is 86.3. The molecule has 19 aromatic rings. The fourth-order valence-corrected chi connectivity index (χ4v) is 22.1. The number of nitrogens with zero attached hydrogens (tertiary/aromatic N) is 8. The molecule has 0 bridgehead atoms. The molecular weight excluding hydrogens is 1840 g/mol. The van der Waals surface area contributed by atoms with Gasteiger partial charge in [0.05, 0.1) is 172 Å². The van der Waals surface area contributed by atoms with Crippen LogP contribution in [-0.2, 0) is 83.3 Å². The summed E-state index contributed by atoms with van der Waals surface area (Å²) in [6.07, 6.45) is 16.8. The number of unbranched alkanes of at least 4 members (excludes halogenated alkanes) is 8. The highest BCUT2D eigenvalue weighted by Crippen LogP contribution is 2.50. The molecule has 20 heteroatoms. The first-order valence-electron chi connectivity index (χ1n) is 54.3. The third kappa shape index (κ3) is 21.1. The zero-order chi connectivity index (χ0) is 100. The van der Waals surface area contributed by atoms with E-state index in [0.717, 1.165) is 364 Å². The Hall–Kier alpha value is -12.5. The van der Waals surface area contributed by atoms with E-state index in [4.69, 9.17) is 76.8 Å². The van der Waals surface area contributed by atoms with Gasteiger partial charge in [-0.05, 0) is 221 Å². The van der Waals surface area contributed by atoms with E-state index in [1.807, 2.05) is 6.07 Å². The van der Waals surface area contributed by atoms with Gasteiger partial charge in [-0.15, -0.1) is 0 Å². The monoisotopic (exact) mass is 1980 g/mol. The lowest BCUT2D eigenvalue weighted by Gasteiger charge is -2.40. The molecular formula is C128H138N8O12. The van der Waals surface area contributed by atoms with Gasteiger partial charge in [0, 0.05) is 156 Å². The Morgan fingerprint density at radius 2 is 0.534 bits per heavy atom. The molecule has 6 aromatic heterocycles. The molecule has 0 spiro atoms. The predicted octanol–water partition coefficient (Wildman–Crippen LogP) is 28.7. The lowest BCUT2D eigenvalue weighted by Crippen LogP contribution is -2.45. The third-order valence-corrected chi connectivity index (χ3v) is 31.5. The minimum Gasteiger partial charge on any atom is -0.381 e. The SMILES string of the molecule is CCC1(COCCCCCOCc2ccc3c(c2)c2c(c4ccccc4c4c5cc(COCCCCCOCC6(CC)COC6)ccc5n(-c5nc(-c6ccccc6)c6ccccc6n5)c42)n3-c2ccccc2)COC1.CCC1(COCCCCCOCc2ccc3c(c2)c2c(ccc4c5cc(COCCCCCOCC6(CC)COC6)ccc5n(-c5ccccc5)c42)n3-c2nc(-c3ccccc3)c3ccccc3n2)COC1. The Morgan fingerprint density at radius 3 is 0.919 bits per heavy atom. The smallest absolute Gasteiger partial charge is 0.235 e. The van der Waals surface area contributed by atoms with Crippen LogP contribution in [0.25, 0.3) is 166 Å². The van der Waals surface area contributed by atoms with Crippen LogP contribution in [0.1, 0.15) is 153 Å². The number of hydrogen-bond acceptors (Lipinski definition) is 16. The van der Waals surface area contributed by atoms with Gasteiger partial charge in [0.2, 0.25) is 11.9 Å². The number of para-hydroxylation sites is 4. The summed E-state index contributed by atoms with van der Waals surface area (Å²) in [5, 5.41) is 13.6. The second kappa shape index (κ2) is 46.3. The van der Waals surface area contributed by atoms with Gasteiger partial charge >= 0.3 is 0 Å². The van der Waals surface area contributed by atoms with Gasteiger partial charge in [0.15, 0.2) is 0 Å². The van der Waals surface area contributed by atoms with Crippen LogP contribution in [0, 0.1) is 21.7 Å². The molecule has 0 aliphatic carbocycles. The van der Waals surface area contributed by atoms with Crippen LogP contribution in [0.5, 0.6) is 0 Å². The number of ether oxygens (including phenoxy) is 12. The molecule has 0 N–H and O–H groups in total. The van der Waals surface area contributed by atoms with Crippen LogP contribution in [0.4, 0.5) is 0 Å². The lowest BCUT2D eigenvalue weighted by atomic mass is 9.84. The van der Waals surface area contributed by atoms with Crippen molar-refractivity contribution in [3.05, 3.63) is 301 Å². The maximum absolute atomic E-state index is 6.46. The lowest BCUT2D eigenvalue weighted by molar-refractivity contribution is -0.150. The Balaban J connectivity index is 0.000000168. The average molecular weight is 1980 g/mol. The standard InChI is InChI=1S/C66H70N4O6.C62H68N4O6/c1-3-65(43-75-44-65)41-73-35-19-7-17-33-71-39-47-30-32-58-54(37-47)59-51-25-13-14-26-52(51)62-60(63(59)70(58)64-67-56-28-16-15-27-53(56)61(68-64)49-21-9-5-10-22-49)55-38-48(29-31-57(55)69(62)50-23-11-6-12-24-50)40-72-34-18-8-20-36-74-42-66(4-2)45-76-46-66;1-3-61(41-71-42-61)39-69-33-17-7-15-31-67-37-45-25-28-54-51(35-45)49-27-30-56-57(59(49)65(54)48-21-11-6-12-22-48)52-36-46(38-68-32-16-8-18-34-70-40-62(4-2)43-72-44-62)26-29-55(52)66(56)60-63-53-24-14-13-23-50(53)58(64-60)47-19-9-5-10-20-47/h5-6,9-16,21-32,37-38H,3-4,7-8,17-20,33-36,39-46H2,1-2H3;5-6,9-14,19-30,35-36H,3-4,7-8,15-18,31-34,37-44H2,1-2H3. The fourth-order valence-electron chi connectivity index (χ4n) is 22.1. The van der Waals surface area contributed by atoms with Crippen molar-refractivity contribution < 1.29 is 56.8 Å². The quantitative estimate of drug-likeness (QED) is 0.0328. The van der Waals surface area contributed by atoms with E-state index in [1.54, 1.807) is 0 Å². The summed E-state index contributed by atoms with van der Waals surface area (Å²) in [6.45, 7) is 26.7. The summed E-state index contributed by atoms with van der Waals surface area (Å²) in [7, 11) is 0. The molecule has 4 saturated heterocycles. The molecule has 4 aliphatic rings. The Bertz CT molecular complexity index is 7780. The first-order valence-corrected chi connectivity index (χ1v) is 54.3. The minimum atomic E-state index is 0.225. The van der Waals surface area contributed by atoms with Crippen LogP contribution in [0.3, 0.4) is 0 Å². The van der Waals surface area contributed by atoms with E-state index < -0.39 is 0 Å². The maximum Gasteiger partial charge on any atom is 0.235 e. The van der Waals surface area contributed by atoms with E-state index in [0.29, 0.717) is 58.1 Å². The second-order valence-electron chi connectivity index (χ2n) is 41.8. The molecule has 762 valence electrons. The van der Waals surface area contributed by atoms with E-state index in [2.05, 4.69) is 319 Å². The Kier molecular flexibility index (Phi) is 31.3. The van der Waals surface area contributed by atoms with Crippen LogP contribution >= 0.6 is 0 Å². The molecule has 4 aliphatic heterocycles. The van der Waals surface area contributed by atoms with Gasteiger partial charge in [-0.2, -0.15) is 0 Å². The highest BCUT2D eigenvalue weighted by atomic mass is 16.5. The molecule has 0 saturated carbocycles. The Morgan fingerprint density at radius 1 is 0.236 bits per heavy atom. The van der Waals surface area contributed by atoms with Gasteiger partial charge in [-0.3, -0.25) is 9.13 Å². The fraction of sp³-hybridized carbons (Fsp3) is 0.375. The van der Waals surface area contributed by atoms with Crippen LogP contribution in [0.2, 0.25) is 0 Å². The van der Waals surface area contributed by atoms with E-state index in [1.165, 1.54) is 26.9 Å². The van der Waals surface area contributed by atoms with E-state index >= 15 is 0 Å². The molecule has 4 fully saturated rings. The summed E-state index contributed by atoms with van der Waals surface area (Å²) in [4.78, 5) is 21.8. The molecule has 0 unspecified atom stereocenters. The first kappa shape index (κ1) is 100. The van der Waals surface area contributed by atoms with E-state index in [9.17, 15) is 0 Å². The van der Waals surface area contributed by atoms with Crippen LogP contribution < -0.4 is 0 Å². The summed E-state index contributed by atoms with van der Waals surface area (Å²) < 4.78 is 81.3. The highest BCUT2D eigenvalue weighted by Gasteiger charge is 2.41. The second-order valence-corrected chi connectivity index (χ2v) is 41.8. The van der Waals surface area contributed by atoms with Crippen molar-refractivity contribution >= 4 is 120 Å². The highest BCUT2D eigenvalue weighted by molar-refractivity contribution is 6.37. The van der Waals surface area contributed by atoms with Gasteiger partial charge in [-0.1, -0.05) is 216 Å². The van der Waals surface area contributed by atoms with Gasteiger partial charge in [0.1, 0.15) is 0 Å². The molecule has 13 aromatic carbocycles. The topological polar surface area (TPSA) is 182 Å². The maximum atomic E-state index is 6.46. The number of fused-ring (bicyclic) bond motifs is 19. The molecule has 20 nitrogen and oxygen atoms in total. The summed E-state index contributed by atoms with van der Waals surface area (Å²) in [6, 6.07) is 100.0. The van der Waals surface area contributed by atoms with Crippen molar-refractivity contribution in [1.29, 1.82) is 0 Å². The van der Waals surface area contributed by atoms with E-state index in [-0.39, 0.29) is 21.7 Å². The van der Waals surface area contributed by atoms with Crippen molar-refractivity contribution in [2.24, 2.45) is 21.7 Å². The number of benzene rings is 13. The zero-order valence-electron chi connectivity index (χ0n) is 86.3. The predicted molar refractivity (Wildman–Crippen MR) is 596 cm³/mol. The summed E-state index contributed by atoms with van der Waals surface area (Å²) >= 11 is 0. The number of aromatic nitrogens is 8. The summed E-state index contributed by atoms with van der Waals surface area (Å²) in [5.74, 6) is 1.26. The van der Waals surface area contributed by atoms with Crippen LogP contribution in [0.15, 0.2) is 279 Å². The molecule has 10 heterocycles. The molecule has 23 rings (SSSR count). The summed E-state index contributed by atoms with van der Waals surface area (Å²) in [5.41, 5.74) is 22.1. The normalized spacial score (nSPS) is 15.2. The number of rotatable bonds is 50. The van der Waals surface area contributed by atoms with Crippen molar-refractivity contribution in [2.75, 3.05) is 132 Å². The third-order valence-electron chi connectivity index (χ3n) is 31.5. The average Bonchev–Trinajstić information content (AvgIpc) is 1.53. The van der Waals surface area contributed by atoms with Gasteiger partial charge in [0.25, 0.3) is 0 Å².